The Kier molecular flexibility index (Phi) is 5.15. The number of carbonyl (C=O) groups excluding carboxylic acids is 1. The van der Waals surface area contributed by atoms with E-state index in [1.165, 1.54) is 11.8 Å². The van der Waals surface area contributed by atoms with Crippen LogP contribution >= 0.6 is 23.4 Å². The first-order valence-electron chi connectivity index (χ1n) is 8.16. The van der Waals surface area contributed by atoms with E-state index in [-0.39, 0.29) is 16.7 Å². The quantitative estimate of drug-likeness (QED) is 0.630. The molecule has 0 radical (unpaired) electrons. The van der Waals surface area contributed by atoms with Crippen LogP contribution in [-0.2, 0) is 11.3 Å². The molecule has 1 aliphatic rings. The number of thioether (sulfide) groups is 1. The molecule has 0 unspecified atom stereocenters. The smallest absolute Gasteiger partial charge is 0.262 e. The van der Waals surface area contributed by atoms with Gasteiger partial charge in [0.25, 0.3) is 5.56 Å². The molecule has 3 rings (SSSR count). The molecule has 1 N–H and O–H groups in total. The third-order valence-electron chi connectivity index (χ3n) is 3.90. The van der Waals surface area contributed by atoms with Gasteiger partial charge in [-0.1, -0.05) is 30.3 Å². The van der Waals surface area contributed by atoms with Gasteiger partial charge < -0.3 is 5.32 Å². The minimum absolute atomic E-state index is 0.00834. The third-order valence-corrected chi connectivity index (χ3v) is 5.23. The van der Waals surface area contributed by atoms with Gasteiger partial charge in [0.2, 0.25) is 5.91 Å². The molecule has 1 fully saturated rings. The summed E-state index contributed by atoms with van der Waals surface area (Å²) in [5.74, 6) is -0.00834. The molecule has 0 spiro atoms. The van der Waals surface area contributed by atoms with E-state index in [4.69, 9.17) is 11.6 Å². The van der Waals surface area contributed by atoms with Crippen LogP contribution in [0.25, 0.3) is 10.9 Å². The fourth-order valence-electron chi connectivity index (χ4n) is 2.44. The van der Waals surface area contributed by atoms with Gasteiger partial charge in [0.15, 0.2) is 5.16 Å². The summed E-state index contributed by atoms with van der Waals surface area (Å²) >= 11 is 7.34. The van der Waals surface area contributed by atoms with E-state index in [0.717, 1.165) is 19.3 Å². The molecule has 1 aliphatic carbocycles. The standard InChI is InChI=1S/C17H20ClN3O2S/c1-3-8-21-16(23)13-7-4-11(18)9-14(13)20-17(21)24-10(2)15(22)19-12-5-6-12/h4,7,9-10,12H,3,5-6,8H2,1-2H3,(H,19,22)/t10-/m1/s1. The Bertz CT molecular complexity index is 832. The van der Waals surface area contributed by atoms with Crippen LogP contribution < -0.4 is 10.9 Å². The largest absolute Gasteiger partial charge is 0.352 e. The first-order chi connectivity index (χ1) is 11.5. The monoisotopic (exact) mass is 365 g/mol. The van der Waals surface area contributed by atoms with Gasteiger partial charge in [-0.25, -0.2) is 4.98 Å². The van der Waals surface area contributed by atoms with Gasteiger partial charge in [0.05, 0.1) is 16.2 Å². The maximum absolute atomic E-state index is 12.8. The molecule has 1 aromatic heterocycles. The number of hydrogen-bond donors (Lipinski definition) is 1. The Morgan fingerprint density at radius 2 is 2.25 bits per heavy atom. The minimum atomic E-state index is -0.308. The molecule has 1 amide bonds. The first kappa shape index (κ1) is 17.3. The van der Waals surface area contributed by atoms with E-state index in [1.54, 1.807) is 22.8 Å². The van der Waals surface area contributed by atoms with Crippen LogP contribution in [0.2, 0.25) is 5.02 Å². The van der Waals surface area contributed by atoms with Crippen LogP contribution in [0.4, 0.5) is 0 Å². The van der Waals surface area contributed by atoms with Crippen molar-refractivity contribution in [3.63, 3.8) is 0 Å². The van der Waals surface area contributed by atoms with Gasteiger partial charge in [-0.3, -0.25) is 14.2 Å². The van der Waals surface area contributed by atoms with E-state index in [9.17, 15) is 9.59 Å². The number of benzene rings is 1. The fraction of sp³-hybridized carbons (Fsp3) is 0.471. The number of rotatable bonds is 6. The predicted octanol–water partition coefficient (Wildman–Crippen LogP) is 3.22. The minimum Gasteiger partial charge on any atom is -0.352 e. The van der Waals surface area contributed by atoms with Crippen LogP contribution in [-0.4, -0.2) is 26.8 Å². The number of hydrogen-bond acceptors (Lipinski definition) is 4. The van der Waals surface area contributed by atoms with E-state index >= 15 is 0 Å². The average Bonchev–Trinajstić information content (AvgIpc) is 3.34. The van der Waals surface area contributed by atoms with Crippen molar-refractivity contribution < 1.29 is 4.79 Å². The highest BCUT2D eigenvalue weighted by Gasteiger charge is 2.27. The molecule has 1 atom stereocenters. The summed E-state index contributed by atoms with van der Waals surface area (Å²) in [6.07, 6.45) is 2.92. The van der Waals surface area contributed by atoms with Crippen LogP contribution in [0.5, 0.6) is 0 Å². The van der Waals surface area contributed by atoms with Crippen molar-refractivity contribution in [3.05, 3.63) is 33.6 Å². The number of nitrogens with one attached hydrogen (secondary N) is 1. The van der Waals surface area contributed by atoms with Gasteiger partial charge in [0.1, 0.15) is 0 Å². The molecule has 2 aromatic rings. The summed E-state index contributed by atoms with van der Waals surface area (Å²) in [5.41, 5.74) is 0.480. The molecule has 1 aromatic carbocycles. The van der Waals surface area contributed by atoms with E-state index < -0.39 is 0 Å². The van der Waals surface area contributed by atoms with Gasteiger partial charge >= 0.3 is 0 Å². The summed E-state index contributed by atoms with van der Waals surface area (Å²) in [7, 11) is 0. The van der Waals surface area contributed by atoms with E-state index in [1.807, 2.05) is 13.8 Å². The lowest BCUT2D eigenvalue weighted by Crippen LogP contribution is -2.33. The summed E-state index contributed by atoms with van der Waals surface area (Å²) in [4.78, 5) is 29.6. The second-order valence-electron chi connectivity index (χ2n) is 6.06. The predicted molar refractivity (Wildman–Crippen MR) is 97.8 cm³/mol. The lowest BCUT2D eigenvalue weighted by atomic mass is 10.2. The molecular formula is C17H20ClN3O2S. The maximum Gasteiger partial charge on any atom is 0.262 e. The van der Waals surface area contributed by atoms with Gasteiger partial charge in [-0.2, -0.15) is 0 Å². The Morgan fingerprint density at radius 1 is 1.50 bits per heavy atom. The normalized spacial score (nSPS) is 15.5. The Hall–Kier alpha value is -1.53. The fourth-order valence-corrected chi connectivity index (χ4v) is 3.55. The Balaban J connectivity index is 1.96. The van der Waals surface area contributed by atoms with Crippen molar-refractivity contribution in [3.8, 4) is 0 Å². The Labute approximate surface area is 149 Å². The van der Waals surface area contributed by atoms with Crippen molar-refractivity contribution in [1.82, 2.24) is 14.9 Å². The lowest BCUT2D eigenvalue weighted by molar-refractivity contribution is -0.120. The first-order valence-corrected chi connectivity index (χ1v) is 9.42. The van der Waals surface area contributed by atoms with Gasteiger partial charge in [-0.15, -0.1) is 0 Å². The van der Waals surface area contributed by atoms with Crippen LogP contribution in [0.15, 0.2) is 28.2 Å². The zero-order chi connectivity index (χ0) is 17.3. The summed E-state index contributed by atoms with van der Waals surface area (Å²) in [5, 5.41) is 4.34. The lowest BCUT2D eigenvalue weighted by Gasteiger charge is -2.16. The third kappa shape index (κ3) is 3.75. The number of amides is 1. The van der Waals surface area contributed by atoms with Gasteiger partial charge in [0, 0.05) is 17.6 Å². The molecule has 0 aliphatic heterocycles. The molecule has 0 saturated heterocycles. The van der Waals surface area contributed by atoms with Crippen molar-refractivity contribution in [2.75, 3.05) is 0 Å². The number of carbonyl (C=O) groups is 1. The van der Waals surface area contributed by atoms with E-state index in [2.05, 4.69) is 10.3 Å². The van der Waals surface area contributed by atoms with Crippen LogP contribution in [0, 0.1) is 0 Å². The van der Waals surface area contributed by atoms with Crippen molar-refractivity contribution >= 4 is 40.2 Å². The number of fused-ring (bicyclic) bond motifs is 1. The number of aromatic nitrogens is 2. The summed E-state index contributed by atoms with van der Waals surface area (Å²) in [6.45, 7) is 4.42. The van der Waals surface area contributed by atoms with Crippen molar-refractivity contribution in [1.29, 1.82) is 0 Å². The van der Waals surface area contributed by atoms with Crippen molar-refractivity contribution in [2.45, 2.75) is 56.1 Å². The molecule has 5 nitrogen and oxygen atoms in total. The van der Waals surface area contributed by atoms with Gasteiger partial charge in [-0.05, 0) is 44.4 Å². The summed E-state index contributed by atoms with van der Waals surface area (Å²) < 4.78 is 1.65. The molecule has 1 saturated carbocycles. The van der Waals surface area contributed by atoms with Crippen LogP contribution in [0.1, 0.15) is 33.1 Å². The van der Waals surface area contributed by atoms with Crippen molar-refractivity contribution in [2.24, 2.45) is 0 Å². The summed E-state index contributed by atoms with van der Waals surface area (Å²) in [6, 6.07) is 5.41. The maximum atomic E-state index is 12.8. The molecule has 1 heterocycles. The number of halogens is 1. The highest BCUT2D eigenvalue weighted by molar-refractivity contribution is 8.00. The number of nitrogens with zero attached hydrogens (tertiary/aromatic N) is 2. The highest BCUT2D eigenvalue weighted by atomic mass is 35.5. The topological polar surface area (TPSA) is 64.0 Å². The molecule has 128 valence electrons. The second kappa shape index (κ2) is 7.15. The Morgan fingerprint density at radius 3 is 2.92 bits per heavy atom. The molecular weight excluding hydrogens is 346 g/mol. The zero-order valence-corrected chi connectivity index (χ0v) is 15.3. The molecule has 7 heteroatoms. The molecule has 24 heavy (non-hydrogen) atoms. The average molecular weight is 366 g/mol. The second-order valence-corrected chi connectivity index (χ2v) is 7.80. The van der Waals surface area contributed by atoms with E-state index in [0.29, 0.717) is 33.7 Å². The SMILES string of the molecule is CCCn1c(S[C@H](C)C(=O)NC2CC2)nc2cc(Cl)ccc2c1=O. The molecule has 0 bridgehead atoms. The zero-order valence-electron chi connectivity index (χ0n) is 13.7. The highest BCUT2D eigenvalue weighted by Crippen LogP contribution is 2.25. The van der Waals surface area contributed by atoms with Crippen LogP contribution in [0.3, 0.4) is 0 Å².